The monoisotopic (exact) mass is 319 g/mol. The third kappa shape index (κ3) is 2.64. The highest BCUT2D eigenvalue weighted by atomic mass is 16.3. The average molecular weight is 319 g/mol. The number of hydrogen-bond donors (Lipinski definition) is 1. The summed E-state index contributed by atoms with van der Waals surface area (Å²) in [5.41, 5.74) is 4.47. The van der Waals surface area contributed by atoms with E-state index in [-0.39, 0.29) is 0 Å². The number of aryl methyl sites for hydroxylation is 1. The Morgan fingerprint density at radius 1 is 0.875 bits per heavy atom. The van der Waals surface area contributed by atoms with Gasteiger partial charge >= 0.3 is 0 Å². The summed E-state index contributed by atoms with van der Waals surface area (Å²) < 4.78 is 0. The summed E-state index contributed by atoms with van der Waals surface area (Å²) in [6.45, 7) is 5.77. The van der Waals surface area contributed by atoms with Crippen LogP contribution in [0.2, 0.25) is 0 Å². The second-order valence-electron chi connectivity index (χ2n) is 6.31. The molecule has 0 radical (unpaired) electrons. The van der Waals surface area contributed by atoms with Crippen LogP contribution in [0.1, 0.15) is 5.56 Å². The van der Waals surface area contributed by atoms with Crippen molar-refractivity contribution in [1.82, 2.24) is 4.98 Å². The number of benzene rings is 2. The number of phenols is 1. The van der Waals surface area contributed by atoms with E-state index in [1.165, 1.54) is 16.6 Å². The number of para-hydroxylation sites is 2. The van der Waals surface area contributed by atoms with Gasteiger partial charge in [0.25, 0.3) is 0 Å². The largest absolute Gasteiger partial charge is 0.506 e. The molecule has 0 spiro atoms. The molecule has 4 rings (SSSR count). The van der Waals surface area contributed by atoms with Crippen LogP contribution in [-0.2, 0) is 0 Å². The molecule has 1 aliphatic heterocycles. The molecular weight excluding hydrogens is 298 g/mol. The second kappa shape index (κ2) is 6.04. The van der Waals surface area contributed by atoms with E-state index in [0.29, 0.717) is 5.75 Å². The van der Waals surface area contributed by atoms with Gasteiger partial charge in [0.05, 0.1) is 11.2 Å². The summed E-state index contributed by atoms with van der Waals surface area (Å²) in [5, 5.41) is 11.3. The van der Waals surface area contributed by atoms with Crippen LogP contribution in [0.4, 0.5) is 11.4 Å². The lowest BCUT2D eigenvalue weighted by atomic mass is 10.1. The van der Waals surface area contributed by atoms with E-state index in [9.17, 15) is 5.11 Å². The Kier molecular flexibility index (Phi) is 3.73. The maximum atomic E-state index is 10.1. The zero-order valence-corrected chi connectivity index (χ0v) is 13.8. The Labute approximate surface area is 142 Å². The first kappa shape index (κ1) is 14.8. The third-order valence-electron chi connectivity index (χ3n) is 4.72. The van der Waals surface area contributed by atoms with Gasteiger partial charge < -0.3 is 14.9 Å². The van der Waals surface area contributed by atoms with E-state index >= 15 is 0 Å². The Balaban J connectivity index is 1.58. The summed E-state index contributed by atoms with van der Waals surface area (Å²) in [6, 6.07) is 16.1. The fourth-order valence-corrected chi connectivity index (χ4v) is 3.44. The third-order valence-corrected chi connectivity index (χ3v) is 4.72. The quantitative estimate of drug-likeness (QED) is 0.784. The summed E-state index contributed by atoms with van der Waals surface area (Å²) >= 11 is 0. The van der Waals surface area contributed by atoms with Crippen LogP contribution in [-0.4, -0.2) is 36.3 Å². The van der Waals surface area contributed by atoms with Crippen molar-refractivity contribution in [2.75, 3.05) is 36.0 Å². The zero-order chi connectivity index (χ0) is 16.5. The van der Waals surface area contributed by atoms with Crippen LogP contribution in [0.3, 0.4) is 0 Å². The highest BCUT2D eigenvalue weighted by Gasteiger charge is 2.20. The smallest absolute Gasteiger partial charge is 0.138 e. The van der Waals surface area contributed by atoms with Gasteiger partial charge in [-0.3, -0.25) is 4.98 Å². The van der Waals surface area contributed by atoms with Crippen LogP contribution >= 0.6 is 0 Å². The van der Waals surface area contributed by atoms with Crippen molar-refractivity contribution in [2.45, 2.75) is 6.92 Å². The van der Waals surface area contributed by atoms with E-state index < -0.39 is 0 Å². The predicted molar refractivity (Wildman–Crippen MR) is 99.0 cm³/mol. The van der Waals surface area contributed by atoms with Gasteiger partial charge in [0.2, 0.25) is 0 Å². The van der Waals surface area contributed by atoms with Gasteiger partial charge in [-0.15, -0.1) is 0 Å². The van der Waals surface area contributed by atoms with Crippen LogP contribution in [0.5, 0.6) is 5.75 Å². The molecule has 1 saturated heterocycles. The summed E-state index contributed by atoms with van der Waals surface area (Å²) in [6.07, 6.45) is 1.89. The molecule has 0 saturated carbocycles. The van der Waals surface area contributed by atoms with Gasteiger partial charge in [0.1, 0.15) is 5.75 Å². The SMILES string of the molecule is Cc1ccc2nccc(N3CCN(c4ccccc4O)CC3)c2c1. The first-order chi connectivity index (χ1) is 11.7. The van der Waals surface area contributed by atoms with Crippen molar-refractivity contribution in [3.8, 4) is 5.75 Å². The number of anilines is 2. The molecule has 1 aliphatic rings. The van der Waals surface area contributed by atoms with E-state index in [2.05, 4.69) is 46.0 Å². The molecule has 3 aromatic rings. The predicted octanol–water partition coefficient (Wildman–Crippen LogP) is 3.58. The minimum absolute atomic E-state index is 0.357. The lowest BCUT2D eigenvalue weighted by Crippen LogP contribution is -2.46. The van der Waals surface area contributed by atoms with Crippen molar-refractivity contribution >= 4 is 22.3 Å². The Morgan fingerprint density at radius 2 is 1.58 bits per heavy atom. The average Bonchev–Trinajstić information content (AvgIpc) is 2.62. The normalized spacial score (nSPS) is 15.0. The molecular formula is C20H21N3O. The van der Waals surface area contributed by atoms with Crippen molar-refractivity contribution in [3.63, 3.8) is 0 Å². The fourth-order valence-electron chi connectivity index (χ4n) is 3.44. The highest BCUT2D eigenvalue weighted by Crippen LogP contribution is 2.30. The molecule has 24 heavy (non-hydrogen) atoms. The first-order valence-corrected chi connectivity index (χ1v) is 8.35. The lowest BCUT2D eigenvalue weighted by Gasteiger charge is -2.38. The number of pyridine rings is 1. The van der Waals surface area contributed by atoms with Gasteiger partial charge in [-0.05, 0) is 37.3 Å². The molecule has 1 N–H and O–H groups in total. The number of piperazine rings is 1. The van der Waals surface area contributed by atoms with Crippen LogP contribution in [0, 0.1) is 6.92 Å². The number of phenolic OH excluding ortho intramolecular Hbond substituents is 1. The fraction of sp³-hybridized carbons (Fsp3) is 0.250. The van der Waals surface area contributed by atoms with Crippen LogP contribution in [0.15, 0.2) is 54.7 Å². The van der Waals surface area contributed by atoms with Crippen molar-refractivity contribution in [3.05, 3.63) is 60.3 Å². The Bertz CT molecular complexity index is 870. The van der Waals surface area contributed by atoms with E-state index in [4.69, 9.17) is 0 Å². The van der Waals surface area contributed by atoms with E-state index in [0.717, 1.165) is 37.4 Å². The number of aromatic nitrogens is 1. The molecule has 4 heteroatoms. The topological polar surface area (TPSA) is 39.6 Å². The maximum Gasteiger partial charge on any atom is 0.138 e. The summed E-state index contributed by atoms with van der Waals surface area (Å²) in [4.78, 5) is 9.15. The van der Waals surface area contributed by atoms with Gasteiger partial charge in [-0.2, -0.15) is 0 Å². The molecule has 0 unspecified atom stereocenters. The van der Waals surface area contributed by atoms with Crippen LogP contribution in [0.25, 0.3) is 10.9 Å². The van der Waals surface area contributed by atoms with Gasteiger partial charge in [-0.25, -0.2) is 0 Å². The van der Waals surface area contributed by atoms with E-state index in [1.807, 2.05) is 24.4 Å². The molecule has 122 valence electrons. The van der Waals surface area contributed by atoms with Crippen molar-refractivity contribution in [1.29, 1.82) is 0 Å². The lowest BCUT2D eigenvalue weighted by molar-refractivity contribution is 0.472. The van der Waals surface area contributed by atoms with Gasteiger partial charge in [0.15, 0.2) is 0 Å². The highest BCUT2D eigenvalue weighted by molar-refractivity contribution is 5.92. The number of fused-ring (bicyclic) bond motifs is 1. The number of hydrogen-bond acceptors (Lipinski definition) is 4. The molecule has 1 fully saturated rings. The number of rotatable bonds is 2. The van der Waals surface area contributed by atoms with Crippen molar-refractivity contribution in [2.24, 2.45) is 0 Å². The molecule has 1 aromatic heterocycles. The Morgan fingerprint density at radius 3 is 2.33 bits per heavy atom. The zero-order valence-electron chi connectivity index (χ0n) is 13.8. The van der Waals surface area contributed by atoms with Crippen molar-refractivity contribution < 1.29 is 5.11 Å². The molecule has 0 atom stereocenters. The minimum atomic E-state index is 0.357. The molecule has 0 aliphatic carbocycles. The van der Waals surface area contributed by atoms with E-state index in [1.54, 1.807) is 6.07 Å². The maximum absolute atomic E-state index is 10.1. The van der Waals surface area contributed by atoms with Gasteiger partial charge in [0, 0.05) is 43.4 Å². The molecule has 4 nitrogen and oxygen atoms in total. The second-order valence-corrected chi connectivity index (χ2v) is 6.31. The van der Waals surface area contributed by atoms with Gasteiger partial charge in [-0.1, -0.05) is 23.8 Å². The first-order valence-electron chi connectivity index (χ1n) is 8.35. The summed E-state index contributed by atoms with van der Waals surface area (Å²) in [7, 11) is 0. The standard InChI is InChI=1S/C20H21N3O/c1-15-6-7-17-16(14-15)18(8-9-21-17)22-10-12-23(13-11-22)19-4-2-3-5-20(19)24/h2-9,14,24H,10-13H2,1H3. The Hall–Kier alpha value is -2.75. The molecule has 0 amide bonds. The number of nitrogens with zero attached hydrogens (tertiary/aromatic N) is 3. The minimum Gasteiger partial charge on any atom is -0.506 e. The molecule has 2 aromatic carbocycles. The molecule has 2 heterocycles. The number of aromatic hydroxyl groups is 1. The van der Waals surface area contributed by atoms with Crippen LogP contribution < -0.4 is 9.80 Å². The molecule has 0 bridgehead atoms. The summed E-state index contributed by atoms with van der Waals surface area (Å²) in [5.74, 6) is 0.357.